The number of carbonyl (C=O) groups excluding carboxylic acids is 1. The zero-order valence-electron chi connectivity index (χ0n) is 16.8. The van der Waals surface area contributed by atoms with E-state index in [4.69, 9.17) is 0 Å². The van der Waals surface area contributed by atoms with E-state index in [0.717, 1.165) is 23.5 Å². The number of thiophene rings is 1. The minimum absolute atomic E-state index is 0.133. The van der Waals surface area contributed by atoms with Crippen LogP contribution in [-0.2, 0) is 17.8 Å². The zero-order chi connectivity index (χ0) is 20.5. The largest absolute Gasteiger partial charge is 0.338 e. The lowest BCUT2D eigenvalue weighted by Gasteiger charge is -2.36. The van der Waals surface area contributed by atoms with E-state index in [2.05, 4.69) is 51.7 Å². The van der Waals surface area contributed by atoms with Crippen molar-refractivity contribution in [1.82, 2.24) is 14.8 Å². The lowest BCUT2D eigenvalue weighted by Crippen LogP contribution is -2.43. The molecule has 6 heteroatoms. The second kappa shape index (κ2) is 8.30. The molecule has 0 N–H and O–H groups in total. The highest BCUT2D eigenvalue weighted by Crippen LogP contribution is 2.37. The van der Waals surface area contributed by atoms with Gasteiger partial charge in [-0.25, -0.2) is 4.98 Å². The molecule has 3 heterocycles. The summed E-state index contributed by atoms with van der Waals surface area (Å²) < 4.78 is 1.17. The first kappa shape index (κ1) is 19.4. The van der Waals surface area contributed by atoms with E-state index >= 15 is 0 Å². The van der Waals surface area contributed by atoms with Crippen LogP contribution in [-0.4, -0.2) is 40.8 Å². The molecule has 0 fully saturated rings. The number of thiazole rings is 1. The quantitative estimate of drug-likeness (QED) is 0.446. The Bertz CT molecular complexity index is 1130. The van der Waals surface area contributed by atoms with Crippen molar-refractivity contribution < 1.29 is 4.79 Å². The fourth-order valence-corrected chi connectivity index (χ4v) is 6.06. The van der Waals surface area contributed by atoms with Crippen molar-refractivity contribution in [1.29, 1.82) is 0 Å². The van der Waals surface area contributed by atoms with E-state index in [9.17, 15) is 4.79 Å². The molecule has 2 aromatic heterocycles. The summed E-state index contributed by atoms with van der Waals surface area (Å²) >= 11 is 3.49. The fraction of sp³-hybridized carbons (Fsp3) is 0.250. The Morgan fingerprint density at radius 2 is 1.93 bits per heavy atom. The van der Waals surface area contributed by atoms with E-state index in [1.807, 2.05) is 47.5 Å². The van der Waals surface area contributed by atoms with E-state index < -0.39 is 0 Å². The number of benzene rings is 2. The summed E-state index contributed by atoms with van der Waals surface area (Å²) in [6, 6.07) is 21.0. The first-order valence-corrected chi connectivity index (χ1v) is 11.8. The van der Waals surface area contributed by atoms with Crippen LogP contribution in [0.15, 0.2) is 66.0 Å². The van der Waals surface area contributed by atoms with Crippen LogP contribution in [0.1, 0.15) is 27.1 Å². The van der Waals surface area contributed by atoms with Gasteiger partial charge in [0.15, 0.2) is 0 Å². The van der Waals surface area contributed by atoms with Gasteiger partial charge in [-0.1, -0.05) is 42.5 Å². The highest BCUT2D eigenvalue weighted by molar-refractivity contribution is 7.18. The summed E-state index contributed by atoms with van der Waals surface area (Å²) in [4.78, 5) is 23.4. The fourth-order valence-electron chi connectivity index (χ4n) is 4.14. The molecule has 4 nitrogen and oxygen atoms in total. The van der Waals surface area contributed by atoms with Gasteiger partial charge in [-0.3, -0.25) is 9.69 Å². The van der Waals surface area contributed by atoms with Gasteiger partial charge >= 0.3 is 0 Å². The molecular formula is C24H23N3OS2. The summed E-state index contributed by atoms with van der Waals surface area (Å²) in [6.07, 6.45) is 1.01. The standard InChI is InChI=1S/C24H23N3OS2/c1-26(15-22-25-19-9-5-6-10-21(19)30-22)23(28)16-27-13-11-20-18(12-14-29-20)24(27)17-7-3-2-4-8-17/h2-10,12,14,24H,11,13,15-16H2,1H3/t24-/m0/s1. The maximum absolute atomic E-state index is 13.1. The van der Waals surface area contributed by atoms with Gasteiger partial charge in [0.25, 0.3) is 0 Å². The number of aromatic nitrogens is 1. The number of fused-ring (bicyclic) bond motifs is 2. The Hall–Kier alpha value is -2.54. The van der Waals surface area contributed by atoms with Crippen molar-refractivity contribution in [2.75, 3.05) is 20.1 Å². The van der Waals surface area contributed by atoms with Gasteiger partial charge in [0, 0.05) is 18.5 Å². The second-order valence-electron chi connectivity index (χ2n) is 7.66. The first-order valence-electron chi connectivity index (χ1n) is 10.1. The number of nitrogens with zero attached hydrogens (tertiary/aromatic N) is 3. The number of hydrogen-bond donors (Lipinski definition) is 0. The average Bonchev–Trinajstić information content (AvgIpc) is 3.40. The number of likely N-dealkylation sites (N-methyl/N-ethyl adjacent to an activating group) is 1. The van der Waals surface area contributed by atoms with Crippen molar-refractivity contribution >= 4 is 38.8 Å². The van der Waals surface area contributed by atoms with Gasteiger partial charge in [-0.05, 0) is 41.1 Å². The number of para-hydroxylation sites is 1. The maximum atomic E-state index is 13.1. The predicted octanol–water partition coefficient (Wildman–Crippen LogP) is 4.96. The molecule has 2 aromatic carbocycles. The number of rotatable bonds is 5. The summed E-state index contributed by atoms with van der Waals surface area (Å²) in [6.45, 7) is 1.86. The van der Waals surface area contributed by atoms with Crippen LogP contribution >= 0.6 is 22.7 Å². The van der Waals surface area contributed by atoms with Crippen LogP contribution in [0.2, 0.25) is 0 Å². The first-order chi connectivity index (χ1) is 14.7. The molecular weight excluding hydrogens is 410 g/mol. The molecule has 0 bridgehead atoms. The molecule has 0 saturated heterocycles. The van der Waals surface area contributed by atoms with E-state index in [-0.39, 0.29) is 11.9 Å². The number of amides is 1. The minimum atomic E-state index is 0.133. The SMILES string of the molecule is CN(Cc1nc2ccccc2s1)C(=O)CN1CCc2sccc2[C@@H]1c1ccccc1. The molecule has 0 unspecified atom stereocenters. The Kier molecular flexibility index (Phi) is 5.37. The molecule has 4 aromatic rings. The third-order valence-corrected chi connectivity index (χ3v) is 7.67. The lowest BCUT2D eigenvalue weighted by molar-refractivity contribution is -0.132. The molecule has 0 spiro atoms. The monoisotopic (exact) mass is 433 g/mol. The smallest absolute Gasteiger partial charge is 0.236 e. The van der Waals surface area contributed by atoms with Crippen LogP contribution < -0.4 is 0 Å². The summed E-state index contributed by atoms with van der Waals surface area (Å²) in [5.41, 5.74) is 3.60. The predicted molar refractivity (Wildman–Crippen MR) is 124 cm³/mol. The highest BCUT2D eigenvalue weighted by atomic mass is 32.1. The average molecular weight is 434 g/mol. The van der Waals surface area contributed by atoms with Crippen molar-refractivity contribution in [3.8, 4) is 0 Å². The van der Waals surface area contributed by atoms with Crippen molar-refractivity contribution in [2.24, 2.45) is 0 Å². The highest BCUT2D eigenvalue weighted by Gasteiger charge is 2.31. The van der Waals surface area contributed by atoms with Gasteiger partial charge in [-0.15, -0.1) is 22.7 Å². The topological polar surface area (TPSA) is 36.4 Å². The Balaban J connectivity index is 1.33. The molecule has 152 valence electrons. The van der Waals surface area contributed by atoms with Gasteiger partial charge in [-0.2, -0.15) is 0 Å². The molecule has 1 amide bonds. The third-order valence-electron chi connectivity index (χ3n) is 5.66. The lowest BCUT2D eigenvalue weighted by atomic mass is 9.93. The molecule has 0 aliphatic carbocycles. The summed E-state index contributed by atoms with van der Waals surface area (Å²) in [5.74, 6) is 0.133. The summed E-state index contributed by atoms with van der Waals surface area (Å²) in [7, 11) is 1.88. The van der Waals surface area contributed by atoms with E-state index in [0.29, 0.717) is 13.1 Å². The molecule has 1 atom stereocenters. The Morgan fingerprint density at radius 1 is 1.13 bits per heavy atom. The molecule has 0 saturated carbocycles. The number of hydrogen-bond acceptors (Lipinski definition) is 5. The van der Waals surface area contributed by atoms with Crippen molar-refractivity contribution in [2.45, 2.75) is 19.0 Å². The van der Waals surface area contributed by atoms with Crippen molar-refractivity contribution in [3.63, 3.8) is 0 Å². The third kappa shape index (κ3) is 3.78. The van der Waals surface area contributed by atoms with Crippen LogP contribution in [0.25, 0.3) is 10.2 Å². The van der Waals surface area contributed by atoms with Crippen LogP contribution in [0.3, 0.4) is 0 Å². The Labute approximate surface area is 184 Å². The molecule has 30 heavy (non-hydrogen) atoms. The number of carbonyl (C=O) groups is 1. The molecule has 1 aliphatic heterocycles. The van der Waals surface area contributed by atoms with Crippen LogP contribution in [0.5, 0.6) is 0 Å². The normalized spacial score (nSPS) is 16.5. The van der Waals surface area contributed by atoms with E-state index in [1.165, 1.54) is 20.7 Å². The van der Waals surface area contributed by atoms with Gasteiger partial charge in [0.05, 0.1) is 29.3 Å². The molecule has 5 rings (SSSR count). The molecule has 1 aliphatic rings. The summed E-state index contributed by atoms with van der Waals surface area (Å²) in [5, 5.41) is 3.15. The molecule has 0 radical (unpaired) electrons. The van der Waals surface area contributed by atoms with Gasteiger partial charge in [0.1, 0.15) is 5.01 Å². The van der Waals surface area contributed by atoms with Gasteiger partial charge in [0.2, 0.25) is 5.91 Å². The van der Waals surface area contributed by atoms with Gasteiger partial charge < -0.3 is 4.90 Å². The Morgan fingerprint density at radius 3 is 2.77 bits per heavy atom. The zero-order valence-corrected chi connectivity index (χ0v) is 18.5. The maximum Gasteiger partial charge on any atom is 0.236 e. The second-order valence-corrected chi connectivity index (χ2v) is 9.77. The van der Waals surface area contributed by atoms with E-state index in [1.54, 1.807) is 11.3 Å². The van der Waals surface area contributed by atoms with Crippen LogP contribution in [0.4, 0.5) is 0 Å². The minimum Gasteiger partial charge on any atom is -0.338 e. The van der Waals surface area contributed by atoms with Crippen molar-refractivity contribution in [3.05, 3.63) is 87.1 Å². The van der Waals surface area contributed by atoms with Crippen LogP contribution in [0, 0.1) is 0 Å².